The molecule has 3 aromatic heterocycles. The van der Waals surface area contributed by atoms with Gasteiger partial charge >= 0.3 is 12.1 Å². The molecule has 1 aliphatic rings. The molecule has 1 atom stereocenters. The van der Waals surface area contributed by atoms with Gasteiger partial charge in [0.2, 0.25) is 0 Å². The second-order valence-electron chi connectivity index (χ2n) is 7.96. The first-order valence-electron chi connectivity index (χ1n) is 10.4. The summed E-state index contributed by atoms with van der Waals surface area (Å²) in [5, 5.41) is 22.8. The number of carboxylic acids is 1. The van der Waals surface area contributed by atoms with Gasteiger partial charge in [0.25, 0.3) is 0 Å². The molecule has 1 aliphatic heterocycles. The van der Waals surface area contributed by atoms with Crippen LogP contribution in [0.5, 0.6) is 0 Å². The molecule has 0 aliphatic carbocycles. The molecule has 0 spiro atoms. The topological polar surface area (TPSA) is 125 Å². The Hall–Kier alpha value is -2.67. The van der Waals surface area contributed by atoms with Crippen LogP contribution in [0.15, 0.2) is 24.4 Å². The summed E-state index contributed by atoms with van der Waals surface area (Å²) < 4.78 is 41.3. The monoisotopic (exact) mass is 515 g/mol. The number of hydrogen-bond acceptors (Lipinski definition) is 8. The number of alkyl halides is 3. The SMILES string of the molecule is Nc1c(C(=O)O)sc2nc(N3CCC(NCC(O)c4ccc(Cl)nc4)CC3)cc(C(F)(F)F)c12. The Balaban J connectivity index is 1.46. The van der Waals surface area contributed by atoms with E-state index >= 15 is 0 Å². The number of rotatable bonds is 6. The van der Waals surface area contributed by atoms with Crippen LogP contribution in [0.2, 0.25) is 5.15 Å². The molecule has 8 nitrogen and oxygen atoms in total. The predicted molar refractivity (Wildman–Crippen MR) is 123 cm³/mol. The molecule has 13 heteroatoms. The standard InChI is InChI=1S/C21H21ClF3N5O3S/c22-14-2-1-10(8-28-14)13(31)9-27-11-3-5-30(6-4-11)15-7-12(21(23,24)25)16-17(26)18(20(32)33)34-19(16)29-15/h1-2,7-8,11,13,27,31H,3-6,9,26H2,(H,32,33). The molecule has 3 aromatic rings. The number of halogens is 4. The van der Waals surface area contributed by atoms with Crippen molar-refractivity contribution in [2.45, 2.75) is 31.2 Å². The van der Waals surface area contributed by atoms with E-state index in [-0.39, 0.29) is 27.0 Å². The highest BCUT2D eigenvalue weighted by atomic mass is 35.5. The third-order valence-electron chi connectivity index (χ3n) is 5.74. The number of piperidine rings is 1. The van der Waals surface area contributed by atoms with Gasteiger partial charge in [0.1, 0.15) is 20.7 Å². The summed E-state index contributed by atoms with van der Waals surface area (Å²) in [6.45, 7) is 1.18. The maximum atomic E-state index is 13.8. The number of nitrogens with two attached hydrogens (primary N) is 1. The van der Waals surface area contributed by atoms with Gasteiger partial charge in [-0.15, -0.1) is 11.3 Å². The molecule has 0 bridgehead atoms. The maximum Gasteiger partial charge on any atom is 0.417 e. The number of nitrogens with one attached hydrogen (secondary N) is 1. The van der Waals surface area contributed by atoms with Crippen LogP contribution >= 0.6 is 22.9 Å². The summed E-state index contributed by atoms with van der Waals surface area (Å²) in [6.07, 6.45) is -2.73. The molecule has 1 unspecified atom stereocenters. The molecule has 0 saturated carbocycles. The second-order valence-corrected chi connectivity index (χ2v) is 9.34. The van der Waals surface area contributed by atoms with Gasteiger partial charge in [0.05, 0.1) is 17.4 Å². The number of carbonyl (C=O) groups is 1. The van der Waals surface area contributed by atoms with E-state index in [4.69, 9.17) is 17.3 Å². The number of thiophene rings is 1. The van der Waals surface area contributed by atoms with Crippen LogP contribution in [0.25, 0.3) is 10.2 Å². The van der Waals surface area contributed by atoms with Crippen molar-refractivity contribution in [2.75, 3.05) is 30.3 Å². The number of nitrogens with zero attached hydrogens (tertiary/aromatic N) is 3. The number of fused-ring (bicyclic) bond motifs is 1. The van der Waals surface area contributed by atoms with Crippen LogP contribution in [-0.2, 0) is 6.18 Å². The highest BCUT2D eigenvalue weighted by molar-refractivity contribution is 7.21. The van der Waals surface area contributed by atoms with Crippen molar-refractivity contribution in [1.82, 2.24) is 15.3 Å². The van der Waals surface area contributed by atoms with E-state index < -0.39 is 29.5 Å². The first-order valence-corrected chi connectivity index (χ1v) is 11.6. The van der Waals surface area contributed by atoms with Crippen LogP contribution in [-0.4, -0.2) is 51.8 Å². The van der Waals surface area contributed by atoms with Crippen LogP contribution in [0.1, 0.15) is 39.7 Å². The highest BCUT2D eigenvalue weighted by Gasteiger charge is 2.37. The van der Waals surface area contributed by atoms with Gasteiger partial charge in [-0.2, -0.15) is 13.2 Å². The lowest BCUT2D eigenvalue weighted by Crippen LogP contribution is -2.44. The minimum absolute atomic E-state index is 0.0559. The van der Waals surface area contributed by atoms with E-state index in [1.54, 1.807) is 17.0 Å². The lowest BCUT2D eigenvalue weighted by Gasteiger charge is -2.34. The van der Waals surface area contributed by atoms with Crippen LogP contribution in [0.4, 0.5) is 24.7 Å². The van der Waals surface area contributed by atoms with Crippen molar-refractivity contribution < 1.29 is 28.2 Å². The number of pyridine rings is 2. The number of aromatic nitrogens is 2. The number of hydrogen-bond donors (Lipinski definition) is 4. The van der Waals surface area contributed by atoms with Gasteiger partial charge in [0.15, 0.2) is 0 Å². The third-order valence-corrected chi connectivity index (χ3v) is 7.05. The quantitative estimate of drug-likeness (QED) is 0.364. The number of aliphatic hydroxyl groups excluding tert-OH is 1. The lowest BCUT2D eigenvalue weighted by molar-refractivity contribution is -0.136. The lowest BCUT2D eigenvalue weighted by atomic mass is 10.0. The minimum atomic E-state index is -4.71. The summed E-state index contributed by atoms with van der Waals surface area (Å²) in [7, 11) is 0. The number of aliphatic hydroxyl groups is 1. The number of carboxylic acid groups (broad SMARTS) is 1. The Morgan fingerprint density at radius 1 is 1.35 bits per heavy atom. The average Bonchev–Trinajstić information content (AvgIpc) is 3.13. The van der Waals surface area contributed by atoms with Crippen LogP contribution < -0.4 is 16.0 Å². The first kappa shape index (κ1) is 24.5. The molecular weight excluding hydrogens is 495 g/mol. The summed E-state index contributed by atoms with van der Waals surface area (Å²) >= 11 is 6.39. The molecule has 5 N–H and O–H groups in total. The van der Waals surface area contributed by atoms with Gasteiger partial charge in [0, 0.05) is 42.8 Å². The Kier molecular flexibility index (Phi) is 6.85. The number of nitrogen functional groups attached to an aromatic ring is 1. The highest BCUT2D eigenvalue weighted by Crippen LogP contribution is 2.43. The van der Waals surface area contributed by atoms with Crippen molar-refractivity contribution in [3.8, 4) is 0 Å². The van der Waals surface area contributed by atoms with Gasteiger partial charge in [-0.3, -0.25) is 0 Å². The molecule has 0 aromatic carbocycles. The Morgan fingerprint density at radius 3 is 2.65 bits per heavy atom. The fourth-order valence-electron chi connectivity index (χ4n) is 3.95. The molecule has 34 heavy (non-hydrogen) atoms. The summed E-state index contributed by atoms with van der Waals surface area (Å²) in [5.41, 5.74) is 4.94. The van der Waals surface area contributed by atoms with E-state index in [2.05, 4.69) is 15.3 Å². The first-order chi connectivity index (χ1) is 16.0. The van der Waals surface area contributed by atoms with Gasteiger partial charge < -0.3 is 26.2 Å². The molecule has 0 amide bonds. The van der Waals surface area contributed by atoms with Crippen molar-refractivity contribution in [1.29, 1.82) is 0 Å². The van der Waals surface area contributed by atoms with Gasteiger partial charge in [-0.05, 0) is 25.0 Å². The Bertz CT molecular complexity index is 1200. The van der Waals surface area contributed by atoms with E-state index in [0.29, 0.717) is 54.5 Å². The van der Waals surface area contributed by atoms with E-state index in [1.807, 2.05) is 0 Å². The molecule has 182 valence electrons. The summed E-state index contributed by atoms with van der Waals surface area (Å²) in [6, 6.07) is 4.28. The fraction of sp³-hybridized carbons (Fsp3) is 0.381. The molecule has 4 heterocycles. The van der Waals surface area contributed by atoms with Crippen molar-refractivity contribution >= 4 is 50.6 Å². The average molecular weight is 516 g/mol. The van der Waals surface area contributed by atoms with Crippen molar-refractivity contribution in [3.05, 3.63) is 45.6 Å². The zero-order valence-electron chi connectivity index (χ0n) is 17.6. The fourth-order valence-corrected chi connectivity index (χ4v) is 5.01. The van der Waals surface area contributed by atoms with Gasteiger partial charge in [-0.25, -0.2) is 14.8 Å². The van der Waals surface area contributed by atoms with Crippen molar-refractivity contribution in [3.63, 3.8) is 0 Å². The number of aromatic carboxylic acids is 1. The van der Waals surface area contributed by atoms with Crippen molar-refractivity contribution in [2.24, 2.45) is 0 Å². The van der Waals surface area contributed by atoms with Crippen LogP contribution in [0.3, 0.4) is 0 Å². The smallest absolute Gasteiger partial charge is 0.417 e. The molecule has 4 rings (SSSR count). The summed E-state index contributed by atoms with van der Waals surface area (Å²) in [4.78, 5) is 20.9. The summed E-state index contributed by atoms with van der Waals surface area (Å²) in [5.74, 6) is -1.26. The van der Waals surface area contributed by atoms with E-state index in [9.17, 15) is 28.2 Å². The molecule has 1 fully saturated rings. The molecule has 0 radical (unpaired) electrons. The molecule has 1 saturated heterocycles. The Labute approximate surface area is 201 Å². The van der Waals surface area contributed by atoms with Crippen LogP contribution in [0, 0.1) is 0 Å². The minimum Gasteiger partial charge on any atom is -0.477 e. The number of anilines is 2. The zero-order chi connectivity index (χ0) is 24.6. The normalized spacial score (nSPS) is 16.2. The largest absolute Gasteiger partial charge is 0.477 e. The zero-order valence-corrected chi connectivity index (χ0v) is 19.2. The van der Waals surface area contributed by atoms with E-state index in [0.717, 1.165) is 6.07 Å². The maximum absolute atomic E-state index is 13.8. The van der Waals surface area contributed by atoms with E-state index in [1.165, 1.54) is 6.20 Å². The van der Waals surface area contributed by atoms with Gasteiger partial charge in [-0.1, -0.05) is 17.7 Å². The third kappa shape index (κ3) is 5.04. The predicted octanol–water partition coefficient (Wildman–Crippen LogP) is 3.94. The molecular formula is C21H21ClF3N5O3S. The second kappa shape index (κ2) is 9.53. The Morgan fingerprint density at radius 2 is 2.06 bits per heavy atom.